The molecule has 0 aliphatic heterocycles. The molecule has 0 bridgehead atoms. The molecule has 0 aromatic heterocycles. The Bertz CT molecular complexity index is 398. The largest absolute Gasteiger partial charge is 0.469 e. The van der Waals surface area contributed by atoms with Crippen LogP contribution in [0.15, 0.2) is 22.7 Å². The lowest BCUT2D eigenvalue weighted by molar-refractivity contribution is -0.140. The highest BCUT2D eigenvalue weighted by Gasteiger charge is 2.10. The van der Waals surface area contributed by atoms with Crippen LogP contribution in [0.1, 0.15) is 18.4 Å². The number of hydrogen-bond acceptors (Lipinski definition) is 3. The molecular formula is C12H15BrClNO2. The van der Waals surface area contributed by atoms with Gasteiger partial charge in [-0.3, -0.25) is 4.79 Å². The van der Waals surface area contributed by atoms with Gasteiger partial charge in [0, 0.05) is 22.0 Å². The van der Waals surface area contributed by atoms with E-state index in [1.165, 1.54) is 7.11 Å². The Morgan fingerprint density at radius 3 is 2.88 bits per heavy atom. The zero-order chi connectivity index (χ0) is 12.8. The van der Waals surface area contributed by atoms with Crippen molar-refractivity contribution >= 4 is 33.5 Å². The molecule has 0 radical (unpaired) electrons. The van der Waals surface area contributed by atoms with Crippen molar-refractivity contribution in [2.45, 2.75) is 25.3 Å². The third-order valence-electron chi connectivity index (χ3n) is 2.44. The first-order valence-corrected chi connectivity index (χ1v) is 6.46. The number of esters is 1. The smallest absolute Gasteiger partial charge is 0.305 e. The van der Waals surface area contributed by atoms with E-state index < -0.39 is 0 Å². The summed E-state index contributed by atoms with van der Waals surface area (Å²) in [6.07, 6.45) is 1.59. The van der Waals surface area contributed by atoms with Gasteiger partial charge in [-0.1, -0.05) is 33.6 Å². The van der Waals surface area contributed by atoms with Crippen LogP contribution in [0.4, 0.5) is 0 Å². The van der Waals surface area contributed by atoms with Gasteiger partial charge in [0.05, 0.1) is 7.11 Å². The number of halogens is 2. The van der Waals surface area contributed by atoms with Gasteiger partial charge in [0.25, 0.3) is 0 Å². The molecular weight excluding hydrogens is 305 g/mol. The summed E-state index contributed by atoms with van der Waals surface area (Å²) in [5.41, 5.74) is 6.93. The quantitative estimate of drug-likeness (QED) is 0.849. The summed E-state index contributed by atoms with van der Waals surface area (Å²) in [5, 5.41) is 0.688. The summed E-state index contributed by atoms with van der Waals surface area (Å²) in [6, 6.07) is 5.61. The van der Waals surface area contributed by atoms with Crippen LogP contribution in [-0.2, 0) is 16.0 Å². The lowest BCUT2D eigenvalue weighted by atomic mass is 10.0. The molecule has 3 nitrogen and oxygen atoms in total. The van der Waals surface area contributed by atoms with E-state index in [1.54, 1.807) is 0 Å². The molecule has 1 aromatic rings. The molecule has 0 aliphatic carbocycles. The Kier molecular flexibility index (Phi) is 5.95. The summed E-state index contributed by atoms with van der Waals surface area (Å²) < 4.78 is 5.50. The number of carbonyl (C=O) groups is 1. The highest BCUT2D eigenvalue weighted by atomic mass is 79.9. The van der Waals surface area contributed by atoms with E-state index >= 15 is 0 Å². The van der Waals surface area contributed by atoms with Gasteiger partial charge in [-0.15, -0.1) is 0 Å². The van der Waals surface area contributed by atoms with Crippen LogP contribution >= 0.6 is 27.5 Å². The number of carbonyl (C=O) groups excluding carboxylic acids is 1. The monoisotopic (exact) mass is 319 g/mol. The van der Waals surface area contributed by atoms with E-state index in [9.17, 15) is 4.79 Å². The highest BCUT2D eigenvalue weighted by Crippen LogP contribution is 2.22. The molecule has 1 atom stereocenters. The fraction of sp³-hybridized carbons (Fsp3) is 0.417. The van der Waals surface area contributed by atoms with Crippen LogP contribution in [0.5, 0.6) is 0 Å². The lowest BCUT2D eigenvalue weighted by Gasteiger charge is -2.12. The predicted octanol–water partition coefficient (Wildman–Crippen LogP) is 2.93. The maximum Gasteiger partial charge on any atom is 0.305 e. The minimum Gasteiger partial charge on any atom is -0.469 e. The van der Waals surface area contributed by atoms with Crippen molar-refractivity contribution in [2.75, 3.05) is 7.11 Å². The zero-order valence-corrected chi connectivity index (χ0v) is 11.9. The fourth-order valence-corrected chi connectivity index (χ4v) is 2.23. The molecule has 0 saturated heterocycles. The molecule has 2 N–H and O–H groups in total. The van der Waals surface area contributed by atoms with E-state index in [2.05, 4.69) is 20.7 Å². The summed E-state index contributed by atoms with van der Waals surface area (Å²) in [4.78, 5) is 11.0. The standard InChI is InChI=1S/C12H15BrClNO2/c1-17-12(16)5-4-10(15)6-8-2-3-9(13)7-11(8)14/h2-3,7,10H,4-6,15H2,1H3. The highest BCUT2D eigenvalue weighted by molar-refractivity contribution is 9.10. The van der Waals surface area contributed by atoms with E-state index in [-0.39, 0.29) is 12.0 Å². The van der Waals surface area contributed by atoms with Gasteiger partial charge in [0.2, 0.25) is 0 Å². The van der Waals surface area contributed by atoms with Crippen LogP contribution in [0.2, 0.25) is 5.02 Å². The molecule has 0 aliphatic rings. The molecule has 1 aromatic carbocycles. The second kappa shape index (κ2) is 6.99. The van der Waals surface area contributed by atoms with E-state index in [1.807, 2.05) is 18.2 Å². The number of nitrogens with two attached hydrogens (primary N) is 1. The van der Waals surface area contributed by atoms with Crippen molar-refractivity contribution in [1.82, 2.24) is 0 Å². The molecule has 0 spiro atoms. The zero-order valence-electron chi connectivity index (χ0n) is 9.58. The molecule has 1 unspecified atom stereocenters. The number of benzene rings is 1. The average molecular weight is 321 g/mol. The van der Waals surface area contributed by atoms with Crippen LogP contribution in [0.25, 0.3) is 0 Å². The van der Waals surface area contributed by atoms with Gasteiger partial charge in [0.1, 0.15) is 0 Å². The Morgan fingerprint density at radius 1 is 1.59 bits per heavy atom. The first kappa shape index (κ1) is 14.5. The van der Waals surface area contributed by atoms with Crippen molar-refractivity contribution in [3.05, 3.63) is 33.3 Å². The normalized spacial score (nSPS) is 12.2. The van der Waals surface area contributed by atoms with Crippen LogP contribution in [0, 0.1) is 0 Å². The van der Waals surface area contributed by atoms with E-state index in [0.717, 1.165) is 10.0 Å². The Morgan fingerprint density at radius 2 is 2.29 bits per heavy atom. The van der Waals surface area contributed by atoms with Crippen molar-refractivity contribution < 1.29 is 9.53 Å². The molecule has 0 heterocycles. The van der Waals surface area contributed by atoms with E-state index in [4.69, 9.17) is 17.3 Å². The van der Waals surface area contributed by atoms with Gasteiger partial charge < -0.3 is 10.5 Å². The third kappa shape index (κ3) is 5.06. The molecule has 0 saturated carbocycles. The van der Waals surface area contributed by atoms with Crippen molar-refractivity contribution in [2.24, 2.45) is 5.73 Å². The minimum atomic E-state index is -0.234. The minimum absolute atomic E-state index is 0.0900. The SMILES string of the molecule is COC(=O)CCC(N)Cc1ccc(Br)cc1Cl. The van der Waals surface area contributed by atoms with Crippen LogP contribution in [0.3, 0.4) is 0 Å². The van der Waals surface area contributed by atoms with Crippen LogP contribution < -0.4 is 5.73 Å². The second-order valence-electron chi connectivity index (χ2n) is 3.81. The Labute approximate surface area is 114 Å². The Balaban J connectivity index is 2.50. The van der Waals surface area contributed by atoms with Gasteiger partial charge in [-0.05, 0) is 30.5 Å². The first-order chi connectivity index (χ1) is 8.02. The summed E-state index contributed by atoms with van der Waals surface area (Å²) in [7, 11) is 1.37. The molecule has 1 rings (SSSR count). The predicted molar refractivity (Wildman–Crippen MR) is 72.1 cm³/mol. The summed E-state index contributed by atoms with van der Waals surface area (Å²) >= 11 is 9.43. The van der Waals surface area contributed by atoms with Gasteiger partial charge >= 0.3 is 5.97 Å². The second-order valence-corrected chi connectivity index (χ2v) is 5.14. The summed E-state index contributed by atoms with van der Waals surface area (Å²) in [6.45, 7) is 0. The van der Waals surface area contributed by atoms with E-state index in [0.29, 0.717) is 24.3 Å². The maximum absolute atomic E-state index is 11.0. The molecule has 0 amide bonds. The number of hydrogen-bond donors (Lipinski definition) is 1. The van der Waals surface area contributed by atoms with Gasteiger partial charge in [-0.25, -0.2) is 0 Å². The van der Waals surface area contributed by atoms with Gasteiger partial charge in [0.15, 0.2) is 0 Å². The lowest BCUT2D eigenvalue weighted by Crippen LogP contribution is -2.24. The average Bonchev–Trinajstić information content (AvgIpc) is 2.29. The van der Waals surface area contributed by atoms with Crippen molar-refractivity contribution in [3.63, 3.8) is 0 Å². The molecule has 0 fully saturated rings. The molecule has 94 valence electrons. The van der Waals surface area contributed by atoms with Gasteiger partial charge in [-0.2, -0.15) is 0 Å². The van der Waals surface area contributed by atoms with Crippen LogP contribution in [-0.4, -0.2) is 19.1 Å². The molecule has 5 heteroatoms. The molecule has 17 heavy (non-hydrogen) atoms. The number of rotatable bonds is 5. The maximum atomic E-state index is 11.0. The fourth-order valence-electron chi connectivity index (χ4n) is 1.48. The Hall–Kier alpha value is -0.580. The number of ether oxygens (including phenoxy) is 1. The van der Waals surface area contributed by atoms with Crippen molar-refractivity contribution in [3.8, 4) is 0 Å². The summed E-state index contributed by atoms with van der Waals surface area (Å²) in [5.74, 6) is -0.234. The first-order valence-electron chi connectivity index (χ1n) is 5.29. The third-order valence-corrected chi connectivity index (χ3v) is 3.29. The van der Waals surface area contributed by atoms with Crippen molar-refractivity contribution in [1.29, 1.82) is 0 Å². The topological polar surface area (TPSA) is 52.3 Å². The number of methoxy groups -OCH3 is 1.